The highest BCUT2D eigenvalue weighted by Gasteiger charge is 2.16. The van der Waals surface area contributed by atoms with Crippen molar-refractivity contribution in [2.75, 3.05) is 85.1 Å². The Kier molecular flexibility index (Phi) is 11.0. The van der Waals surface area contributed by atoms with Gasteiger partial charge in [-0.3, -0.25) is 4.90 Å². The van der Waals surface area contributed by atoms with E-state index >= 15 is 0 Å². The monoisotopic (exact) mass is 330 g/mol. The molecule has 0 bridgehead atoms. The van der Waals surface area contributed by atoms with Crippen molar-refractivity contribution in [3.05, 3.63) is 0 Å². The van der Waals surface area contributed by atoms with E-state index in [1.807, 2.05) is 0 Å². The van der Waals surface area contributed by atoms with E-state index < -0.39 is 6.10 Å². The summed E-state index contributed by atoms with van der Waals surface area (Å²) in [6, 6.07) is 0. The lowest BCUT2D eigenvalue weighted by Gasteiger charge is -2.33. The van der Waals surface area contributed by atoms with Crippen LogP contribution < -0.4 is 0 Å². The number of nitrogens with zero attached hydrogens (tertiary/aromatic N) is 4. The standard InChI is InChI=1S/C17H38N4O2/c1-4-18-7-9-19(5-2)11-13-21(15-17(23)16-22)14-12-20(6-3)10-8-18/h17,22-23H,4-16H2,1-3H3. The smallest absolute Gasteiger partial charge is 0.0897 e. The maximum absolute atomic E-state index is 9.79. The van der Waals surface area contributed by atoms with Crippen molar-refractivity contribution >= 4 is 0 Å². The first kappa shape index (κ1) is 20.8. The van der Waals surface area contributed by atoms with Crippen molar-refractivity contribution in [3.63, 3.8) is 0 Å². The van der Waals surface area contributed by atoms with Gasteiger partial charge in [0.05, 0.1) is 12.7 Å². The van der Waals surface area contributed by atoms with E-state index in [0.717, 1.165) is 72.0 Å². The Morgan fingerprint density at radius 3 is 1.22 bits per heavy atom. The summed E-state index contributed by atoms with van der Waals surface area (Å²) in [6.45, 7) is 18.7. The second kappa shape index (κ2) is 12.2. The number of hydrogen-bond donors (Lipinski definition) is 2. The second-order valence-electron chi connectivity index (χ2n) is 6.44. The van der Waals surface area contributed by atoms with Gasteiger partial charge in [0.25, 0.3) is 0 Å². The molecule has 1 fully saturated rings. The van der Waals surface area contributed by atoms with Crippen molar-refractivity contribution in [2.45, 2.75) is 26.9 Å². The van der Waals surface area contributed by atoms with Crippen LogP contribution in [-0.4, -0.2) is 121 Å². The molecular weight excluding hydrogens is 292 g/mol. The second-order valence-corrected chi connectivity index (χ2v) is 6.44. The predicted octanol–water partition coefficient (Wildman–Crippen LogP) is -0.379. The summed E-state index contributed by atoms with van der Waals surface area (Å²) in [6.07, 6.45) is -0.636. The van der Waals surface area contributed by atoms with Crippen molar-refractivity contribution in [1.29, 1.82) is 0 Å². The molecule has 6 heteroatoms. The van der Waals surface area contributed by atoms with Gasteiger partial charge in [-0.15, -0.1) is 0 Å². The molecule has 0 spiro atoms. The fourth-order valence-corrected chi connectivity index (χ4v) is 3.07. The van der Waals surface area contributed by atoms with E-state index in [9.17, 15) is 5.11 Å². The molecule has 0 radical (unpaired) electrons. The normalized spacial score (nSPS) is 23.3. The number of aliphatic hydroxyl groups excluding tert-OH is 2. The third-order valence-electron chi connectivity index (χ3n) is 4.95. The molecule has 1 rings (SSSR count). The summed E-state index contributed by atoms with van der Waals surface area (Å²) >= 11 is 0. The quantitative estimate of drug-likeness (QED) is 0.693. The highest BCUT2D eigenvalue weighted by atomic mass is 16.3. The predicted molar refractivity (Wildman–Crippen MR) is 95.9 cm³/mol. The van der Waals surface area contributed by atoms with Gasteiger partial charge in [0.2, 0.25) is 0 Å². The largest absolute Gasteiger partial charge is 0.394 e. The van der Waals surface area contributed by atoms with Crippen molar-refractivity contribution in [2.24, 2.45) is 0 Å². The summed E-state index contributed by atoms with van der Waals surface area (Å²) in [5.74, 6) is 0. The Bertz CT molecular complexity index is 274. The summed E-state index contributed by atoms with van der Waals surface area (Å²) in [5, 5.41) is 18.9. The van der Waals surface area contributed by atoms with Crippen LogP contribution in [0.2, 0.25) is 0 Å². The van der Waals surface area contributed by atoms with Crippen LogP contribution >= 0.6 is 0 Å². The first-order chi connectivity index (χ1) is 11.1. The zero-order chi connectivity index (χ0) is 17.1. The van der Waals surface area contributed by atoms with E-state index in [2.05, 4.69) is 40.4 Å². The zero-order valence-electron chi connectivity index (χ0n) is 15.5. The molecule has 6 nitrogen and oxygen atoms in total. The Morgan fingerprint density at radius 2 is 0.957 bits per heavy atom. The molecule has 0 aromatic heterocycles. The third kappa shape index (κ3) is 8.42. The Balaban J connectivity index is 2.66. The molecule has 1 aliphatic rings. The van der Waals surface area contributed by atoms with Gasteiger partial charge in [-0.05, 0) is 19.6 Å². The van der Waals surface area contributed by atoms with Crippen LogP contribution in [-0.2, 0) is 0 Å². The molecule has 1 unspecified atom stereocenters. The van der Waals surface area contributed by atoms with Crippen LogP contribution in [0.5, 0.6) is 0 Å². The topological polar surface area (TPSA) is 53.4 Å². The molecule has 0 aliphatic carbocycles. The molecule has 2 N–H and O–H groups in total. The van der Waals surface area contributed by atoms with Crippen LogP contribution in [0, 0.1) is 0 Å². The molecule has 138 valence electrons. The minimum atomic E-state index is -0.636. The lowest BCUT2D eigenvalue weighted by molar-refractivity contribution is 0.0499. The fourth-order valence-electron chi connectivity index (χ4n) is 3.07. The first-order valence-corrected chi connectivity index (χ1v) is 9.31. The Labute approximate surface area is 142 Å². The number of hydrogen-bond acceptors (Lipinski definition) is 6. The average Bonchev–Trinajstić information content (AvgIpc) is 2.57. The van der Waals surface area contributed by atoms with Crippen LogP contribution in [0.25, 0.3) is 0 Å². The molecule has 0 aromatic rings. The molecule has 1 atom stereocenters. The van der Waals surface area contributed by atoms with Crippen LogP contribution in [0.4, 0.5) is 0 Å². The fraction of sp³-hybridized carbons (Fsp3) is 1.00. The molecule has 1 heterocycles. The molecule has 1 aliphatic heterocycles. The maximum Gasteiger partial charge on any atom is 0.0897 e. The first-order valence-electron chi connectivity index (χ1n) is 9.31. The molecule has 0 amide bonds. The van der Waals surface area contributed by atoms with Gasteiger partial charge in [-0.25, -0.2) is 0 Å². The van der Waals surface area contributed by atoms with E-state index in [1.165, 1.54) is 0 Å². The zero-order valence-corrected chi connectivity index (χ0v) is 15.5. The van der Waals surface area contributed by atoms with Crippen molar-refractivity contribution in [1.82, 2.24) is 19.6 Å². The minimum Gasteiger partial charge on any atom is -0.394 e. The maximum atomic E-state index is 9.79. The Morgan fingerprint density at radius 1 is 0.652 bits per heavy atom. The van der Waals surface area contributed by atoms with E-state index in [0.29, 0.717) is 6.54 Å². The van der Waals surface area contributed by atoms with Crippen molar-refractivity contribution < 1.29 is 10.2 Å². The van der Waals surface area contributed by atoms with Gasteiger partial charge in [0, 0.05) is 58.9 Å². The highest BCUT2D eigenvalue weighted by molar-refractivity contribution is 4.72. The van der Waals surface area contributed by atoms with Gasteiger partial charge in [0.1, 0.15) is 0 Å². The highest BCUT2D eigenvalue weighted by Crippen LogP contribution is 2.01. The van der Waals surface area contributed by atoms with Gasteiger partial charge < -0.3 is 24.9 Å². The molecule has 1 saturated heterocycles. The van der Waals surface area contributed by atoms with Crippen molar-refractivity contribution in [3.8, 4) is 0 Å². The molecule has 0 saturated carbocycles. The van der Waals surface area contributed by atoms with Gasteiger partial charge >= 0.3 is 0 Å². The van der Waals surface area contributed by atoms with E-state index in [1.54, 1.807) is 0 Å². The van der Waals surface area contributed by atoms with Gasteiger partial charge in [-0.1, -0.05) is 20.8 Å². The average molecular weight is 331 g/mol. The number of β-amino-alcohol motifs (C(OH)–C–C–N with tert-alkyl or cyclic N) is 1. The number of aliphatic hydroxyl groups is 2. The van der Waals surface area contributed by atoms with E-state index in [4.69, 9.17) is 5.11 Å². The number of rotatable bonds is 6. The SMILES string of the molecule is CCN1CCN(CC)CCN(CC(O)CO)CCN(CC)CC1. The van der Waals surface area contributed by atoms with Gasteiger partial charge in [-0.2, -0.15) is 0 Å². The molecule has 23 heavy (non-hydrogen) atoms. The summed E-state index contributed by atoms with van der Waals surface area (Å²) in [4.78, 5) is 9.81. The van der Waals surface area contributed by atoms with E-state index in [-0.39, 0.29) is 6.61 Å². The van der Waals surface area contributed by atoms with Crippen LogP contribution in [0.15, 0.2) is 0 Å². The summed E-state index contributed by atoms with van der Waals surface area (Å²) in [5.41, 5.74) is 0. The molecule has 0 aromatic carbocycles. The lowest BCUT2D eigenvalue weighted by atomic mass is 10.3. The lowest BCUT2D eigenvalue weighted by Crippen LogP contribution is -2.47. The summed E-state index contributed by atoms with van der Waals surface area (Å²) in [7, 11) is 0. The minimum absolute atomic E-state index is 0.156. The van der Waals surface area contributed by atoms with Crippen LogP contribution in [0.1, 0.15) is 20.8 Å². The van der Waals surface area contributed by atoms with Gasteiger partial charge in [0.15, 0.2) is 0 Å². The summed E-state index contributed by atoms with van der Waals surface area (Å²) < 4.78 is 0. The third-order valence-corrected chi connectivity index (χ3v) is 4.95. The number of likely N-dealkylation sites (N-methyl/N-ethyl adjacent to an activating group) is 3. The Hall–Kier alpha value is -0.240. The van der Waals surface area contributed by atoms with Crippen LogP contribution in [0.3, 0.4) is 0 Å². The molecular formula is C17H38N4O2.